The number of rotatable bonds is 6. The number of aryl methyl sites for hydroxylation is 1. The van der Waals surface area contributed by atoms with Crippen LogP contribution in [0.4, 0.5) is 8.78 Å². The van der Waals surface area contributed by atoms with Crippen molar-refractivity contribution in [2.75, 3.05) is 27.0 Å². The topological polar surface area (TPSA) is 49.9 Å². The molecule has 1 unspecified atom stereocenters. The van der Waals surface area contributed by atoms with E-state index >= 15 is 0 Å². The van der Waals surface area contributed by atoms with Gasteiger partial charge in [0.05, 0.1) is 18.6 Å². The number of nitrogens with one attached hydrogen (secondary N) is 2. The smallest absolute Gasteiger partial charge is 0.137 e. The monoisotopic (exact) mass is 403 g/mol. The maximum absolute atomic E-state index is 11.8. The molecule has 1 aromatic carbocycles. The van der Waals surface area contributed by atoms with Gasteiger partial charge in [-0.15, -0.1) is 0 Å². The second-order valence-corrected chi connectivity index (χ2v) is 6.23. The summed E-state index contributed by atoms with van der Waals surface area (Å²) >= 11 is 0. The molecule has 2 aromatic heterocycles. The molecule has 1 atom stereocenters. The largest absolute Gasteiger partial charge is 0.489 e. The van der Waals surface area contributed by atoms with Crippen LogP contribution in [0, 0.1) is 6.92 Å². The van der Waals surface area contributed by atoms with Crippen molar-refractivity contribution in [1.29, 1.82) is 0 Å². The maximum Gasteiger partial charge on any atom is 0.137 e. The average Bonchev–Trinajstić information content (AvgIpc) is 3.15. The van der Waals surface area contributed by atoms with Gasteiger partial charge in [0.2, 0.25) is 0 Å². The average molecular weight is 404 g/mol. The Morgan fingerprint density at radius 3 is 2.55 bits per heavy atom. The molecule has 0 saturated heterocycles. The van der Waals surface area contributed by atoms with E-state index in [1.54, 1.807) is 12.3 Å². The summed E-state index contributed by atoms with van der Waals surface area (Å²) in [5, 5.41) is 4.34. The zero-order valence-electron chi connectivity index (χ0n) is 17.6. The number of nitrogens with zero attached hydrogens (tertiary/aromatic N) is 1. The van der Waals surface area contributed by atoms with Crippen LogP contribution in [0.2, 0.25) is 0 Å². The lowest BCUT2D eigenvalue weighted by Gasteiger charge is -2.09. The van der Waals surface area contributed by atoms with E-state index in [-0.39, 0.29) is 19.3 Å². The summed E-state index contributed by atoms with van der Waals surface area (Å²) in [7, 11) is 1.87. The molecule has 0 aliphatic heterocycles. The SMILES string of the molecule is C=Cc1c[nH]c2ccc(C)cc12.CCF.CNC(C)c1ccc(OCCF)cn1. The number of pyridine rings is 1. The summed E-state index contributed by atoms with van der Waals surface area (Å²) in [6.07, 6.45) is 5.47. The lowest BCUT2D eigenvalue weighted by atomic mass is 10.1. The lowest BCUT2D eigenvalue weighted by molar-refractivity contribution is 0.272. The van der Waals surface area contributed by atoms with Gasteiger partial charge in [-0.1, -0.05) is 24.3 Å². The Labute approximate surface area is 172 Å². The first-order valence-corrected chi connectivity index (χ1v) is 9.58. The van der Waals surface area contributed by atoms with Gasteiger partial charge in [0.15, 0.2) is 0 Å². The van der Waals surface area contributed by atoms with Crippen molar-refractivity contribution in [3.63, 3.8) is 0 Å². The predicted molar refractivity (Wildman–Crippen MR) is 118 cm³/mol. The van der Waals surface area contributed by atoms with Crippen molar-refractivity contribution in [1.82, 2.24) is 15.3 Å². The first-order chi connectivity index (χ1) is 14.0. The van der Waals surface area contributed by atoms with Gasteiger partial charge in [-0.05, 0) is 57.6 Å². The molecule has 0 bridgehead atoms. The van der Waals surface area contributed by atoms with E-state index in [9.17, 15) is 8.78 Å². The molecular weight excluding hydrogens is 372 g/mol. The fourth-order valence-electron chi connectivity index (χ4n) is 2.46. The number of aromatic amines is 1. The molecule has 0 fully saturated rings. The number of benzene rings is 1. The third-order valence-electron chi connectivity index (χ3n) is 4.07. The number of aromatic nitrogens is 2. The minimum atomic E-state index is -0.478. The van der Waals surface area contributed by atoms with E-state index in [4.69, 9.17) is 4.74 Å². The molecule has 4 nitrogen and oxygen atoms in total. The second kappa shape index (κ2) is 13.4. The molecular formula is C23H31F2N3O. The molecule has 0 aliphatic rings. The molecule has 3 rings (SSSR count). The van der Waals surface area contributed by atoms with Crippen LogP contribution >= 0.6 is 0 Å². The van der Waals surface area contributed by atoms with Crippen molar-refractivity contribution < 1.29 is 13.5 Å². The van der Waals surface area contributed by atoms with Crippen molar-refractivity contribution >= 4 is 17.0 Å². The van der Waals surface area contributed by atoms with E-state index in [0.29, 0.717) is 5.75 Å². The maximum atomic E-state index is 11.8. The third kappa shape index (κ3) is 8.03. The first-order valence-electron chi connectivity index (χ1n) is 9.58. The molecule has 0 spiro atoms. The Morgan fingerprint density at radius 2 is 2.00 bits per heavy atom. The number of alkyl halides is 2. The Kier molecular flexibility index (Phi) is 11.3. The van der Waals surface area contributed by atoms with Gasteiger partial charge < -0.3 is 15.0 Å². The van der Waals surface area contributed by atoms with Crippen LogP contribution in [0.15, 0.2) is 49.3 Å². The summed E-state index contributed by atoms with van der Waals surface area (Å²) in [5.74, 6) is 0.606. The van der Waals surface area contributed by atoms with E-state index in [1.807, 2.05) is 32.3 Å². The van der Waals surface area contributed by atoms with Crippen molar-refractivity contribution in [2.24, 2.45) is 0 Å². The molecule has 29 heavy (non-hydrogen) atoms. The number of H-pyrrole nitrogens is 1. The lowest BCUT2D eigenvalue weighted by Crippen LogP contribution is -2.13. The van der Waals surface area contributed by atoms with Crippen LogP contribution in [0.1, 0.15) is 36.7 Å². The number of hydrogen-bond acceptors (Lipinski definition) is 3. The van der Waals surface area contributed by atoms with Crippen molar-refractivity contribution in [3.05, 3.63) is 66.1 Å². The van der Waals surface area contributed by atoms with Gasteiger partial charge in [-0.3, -0.25) is 9.37 Å². The van der Waals surface area contributed by atoms with Crippen LogP contribution in [0.5, 0.6) is 5.75 Å². The van der Waals surface area contributed by atoms with Gasteiger partial charge in [0.25, 0.3) is 0 Å². The summed E-state index contributed by atoms with van der Waals surface area (Å²) in [6, 6.07) is 10.2. The summed E-state index contributed by atoms with van der Waals surface area (Å²) < 4.78 is 27.1. The van der Waals surface area contributed by atoms with E-state index in [2.05, 4.69) is 47.0 Å². The fraction of sp³-hybridized carbons (Fsp3) is 0.348. The van der Waals surface area contributed by atoms with E-state index in [1.165, 1.54) is 29.0 Å². The molecule has 6 heteroatoms. The van der Waals surface area contributed by atoms with Gasteiger partial charge in [0.1, 0.15) is 19.0 Å². The molecule has 3 aromatic rings. The minimum Gasteiger partial charge on any atom is -0.489 e. The molecule has 0 radical (unpaired) electrons. The molecule has 2 N–H and O–H groups in total. The van der Waals surface area contributed by atoms with Crippen LogP contribution < -0.4 is 10.1 Å². The van der Waals surface area contributed by atoms with Crippen LogP contribution in [0.3, 0.4) is 0 Å². The fourth-order valence-corrected chi connectivity index (χ4v) is 2.46. The normalized spacial score (nSPS) is 11.0. The molecule has 158 valence electrons. The minimum absolute atomic E-state index is 0.0859. The molecule has 0 aliphatic carbocycles. The second-order valence-electron chi connectivity index (χ2n) is 6.23. The highest BCUT2D eigenvalue weighted by atomic mass is 19.1. The quantitative estimate of drug-likeness (QED) is 0.546. The van der Waals surface area contributed by atoms with Crippen LogP contribution in [-0.2, 0) is 0 Å². The summed E-state index contributed by atoms with van der Waals surface area (Å²) in [4.78, 5) is 7.39. The van der Waals surface area contributed by atoms with Crippen LogP contribution in [0.25, 0.3) is 17.0 Å². The first kappa shape index (κ1) is 24.3. The Balaban J connectivity index is 0.000000257. The van der Waals surface area contributed by atoms with Gasteiger partial charge in [-0.2, -0.15) is 0 Å². The van der Waals surface area contributed by atoms with Crippen molar-refractivity contribution in [3.8, 4) is 5.75 Å². The zero-order chi connectivity index (χ0) is 21.6. The highest BCUT2D eigenvalue weighted by Crippen LogP contribution is 2.20. The molecule has 0 amide bonds. The van der Waals surface area contributed by atoms with Crippen molar-refractivity contribution in [2.45, 2.75) is 26.8 Å². The highest BCUT2D eigenvalue weighted by Gasteiger charge is 2.03. The molecule has 2 heterocycles. The van der Waals surface area contributed by atoms with E-state index < -0.39 is 6.67 Å². The third-order valence-corrected chi connectivity index (χ3v) is 4.07. The summed E-state index contributed by atoms with van der Waals surface area (Å²) in [5.41, 5.74) is 4.58. The number of halogens is 2. The Hall–Kier alpha value is -2.73. The van der Waals surface area contributed by atoms with Gasteiger partial charge >= 0.3 is 0 Å². The standard InChI is InChI=1S/C11H11N.C10H15FN2O.C2H5F/c1-3-9-7-12-11-5-4-8(2)6-10(9)11;1-8(12-2)10-4-3-9(7-13-10)14-6-5-11;1-2-3/h3-7,12H,1H2,2H3;3-4,7-8,12H,5-6H2,1-2H3;2H2,1H3. The number of hydrogen-bond donors (Lipinski definition) is 2. The summed E-state index contributed by atoms with van der Waals surface area (Å²) in [6.45, 7) is 8.69. The molecule has 0 saturated carbocycles. The van der Waals surface area contributed by atoms with Crippen LogP contribution in [-0.4, -0.2) is 37.0 Å². The highest BCUT2D eigenvalue weighted by molar-refractivity contribution is 5.89. The van der Waals surface area contributed by atoms with E-state index in [0.717, 1.165) is 5.69 Å². The van der Waals surface area contributed by atoms with Gasteiger partial charge in [0, 0.05) is 23.1 Å². The zero-order valence-corrected chi connectivity index (χ0v) is 17.6. The Morgan fingerprint density at radius 1 is 1.28 bits per heavy atom. The number of ether oxygens (including phenoxy) is 1. The number of fused-ring (bicyclic) bond motifs is 1. The van der Waals surface area contributed by atoms with Gasteiger partial charge in [-0.25, -0.2) is 4.39 Å². The Bertz CT molecular complexity index is 847. The predicted octanol–water partition coefficient (Wildman–Crippen LogP) is 5.81.